The molecule has 1 saturated heterocycles. The molecule has 1 fully saturated rings. The predicted molar refractivity (Wildman–Crippen MR) is 69.6 cm³/mol. The summed E-state index contributed by atoms with van der Waals surface area (Å²) in [5.41, 5.74) is 4.42. The number of aliphatic hydroxyl groups is 3. The summed E-state index contributed by atoms with van der Waals surface area (Å²) < 4.78 is 14.9. The van der Waals surface area contributed by atoms with Crippen LogP contribution in [0, 0.1) is 0 Å². The van der Waals surface area contributed by atoms with Gasteiger partial charge in [-0.3, -0.25) is 0 Å². The largest absolute Gasteiger partial charge is 0.394 e. The fourth-order valence-corrected chi connectivity index (χ4v) is 2.49. The van der Waals surface area contributed by atoms with E-state index >= 15 is 0 Å². The zero-order valence-corrected chi connectivity index (χ0v) is 10.8. The molecule has 0 radical (unpaired) electrons. The fraction of sp³-hybridized carbons (Fsp3) is 0.500. The van der Waals surface area contributed by atoms with E-state index < -0.39 is 30.6 Å². The van der Waals surface area contributed by atoms with Crippen molar-refractivity contribution in [3.05, 3.63) is 18.6 Å². The minimum Gasteiger partial charge on any atom is -0.394 e. The van der Waals surface area contributed by atoms with Gasteiger partial charge in [-0.1, -0.05) is 0 Å². The van der Waals surface area contributed by atoms with E-state index in [4.69, 9.17) is 11.8 Å². The van der Waals surface area contributed by atoms with Gasteiger partial charge in [-0.2, -0.15) is 0 Å². The lowest BCUT2D eigenvalue weighted by Crippen LogP contribution is -2.44. The van der Waals surface area contributed by atoms with Crippen molar-refractivity contribution in [1.29, 1.82) is 0 Å². The third-order valence-corrected chi connectivity index (χ3v) is 3.64. The third-order valence-electron chi connectivity index (χ3n) is 3.64. The summed E-state index contributed by atoms with van der Waals surface area (Å²) in [6.07, 6.45) is -0.534. The molecule has 8 heteroatoms. The number of rotatable bonds is 2. The van der Waals surface area contributed by atoms with Crippen molar-refractivity contribution >= 4 is 16.9 Å². The van der Waals surface area contributed by atoms with Gasteiger partial charge in [0.1, 0.15) is 35.6 Å². The van der Waals surface area contributed by atoms with Gasteiger partial charge in [-0.05, 0) is 13.0 Å². The number of nitrogen functional groups attached to an aromatic ring is 1. The van der Waals surface area contributed by atoms with Crippen molar-refractivity contribution in [3.8, 4) is 0 Å². The highest BCUT2D eigenvalue weighted by Gasteiger charge is 2.53. The molecule has 108 valence electrons. The van der Waals surface area contributed by atoms with Gasteiger partial charge >= 0.3 is 0 Å². The van der Waals surface area contributed by atoms with Crippen molar-refractivity contribution in [2.45, 2.75) is 31.0 Å². The van der Waals surface area contributed by atoms with Crippen LogP contribution in [-0.4, -0.2) is 54.3 Å². The number of hydrogen-bond acceptors (Lipinski definition) is 7. The Bertz CT molecular complexity index is 689. The smallest absolute Gasteiger partial charge is 0.167 e. The van der Waals surface area contributed by atoms with Crippen LogP contribution >= 0.6 is 0 Å². The minimum atomic E-state index is -1.65. The average molecular weight is 282 g/mol. The van der Waals surface area contributed by atoms with E-state index in [0.717, 1.165) is 0 Å². The molecule has 0 bridgehead atoms. The Morgan fingerprint density at radius 1 is 1.60 bits per heavy atom. The van der Waals surface area contributed by atoms with Gasteiger partial charge in [0, 0.05) is 6.20 Å². The second kappa shape index (κ2) is 4.38. The normalized spacial score (nSPS) is 34.6. The van der Waals surface area contributed by atoms with Crippen LogP contribution in [0.1, 0.15) is 14.5 Å². The van der Waals surface area contributed by atoms with E-state index in [1.807, 2.05) is 0 Å². The van der Waals surface area contributed by atoms with E-state index in [-0.39, 0.29) is 11.9 Å². The number of aromatic nitrogens is 3. The van der Waals surface area contributed by atoms with Crippen LogP contribution in [0.3, 0.4) is 0 Å². The number of hydrogen-bond donors (Lipinski definition) is 4. The molecule has 0 amide bonds. The average Bonchev–Trinajstić information content (AvgIpc) is 2.87. The Hall–Kier alpha value is -1.74. The molecule has 0 saturated carbocycles. The molecule has 2 aromatic rings. The van der Waals surface area contributed by atoms with E-state index in [2.05, 4.69) is 9.97 Å². The Morgan fingerprint density at radius 3 is 3.00 bits per heavy atom. The number of fused-ring (bicyclic) bond motifs is 1. The molecule has 1 aliphatic heterocycles. The molecule has 2 aromatic heterocycles. The molecule has 8 nitrogen and oxygen atoms in total. The second-order valence-electron chi connectivity index (χ2n) is 5.02. The maximum absolute atomic E-state index is 10.5. The first-order chi connectivity index (χ1) is 9.87. The molecule has 0 aromatic carbocycles. The van der Waals surface area contributed by atoms with Gasteiger partial charge in [0.2, 0.25) is 0 Å². The summed E-state index contributed by atoms with van der Waals surface area (Å²) in [4.78, 5) is 7.90. The Kier molecular flexibility index (Phi) is 2.64. The first-order valence-electron chi connectivity index (χ1n) is 6.62. The monoisotopic (exact) mass is 282 g/mol. The topological polar surface area (TPSA) is 127 Å². The zero-order valence-electron chi connectivity index (χ0n) is 11.8. The van der Waals surface area contributed by atoms with Gasteiger partial charge in [0.15, 0.2) is 6.23 Å². The highest BCUT2D eigenvalue weighted by atomic mass is 16.6. The standard InChI is InChI=1S/C12H16N4O4/c1-12(19)8(18)7(4-17)20-11(12)16-3-2-6-9(13)14-5-15-10(6)16/h2-3,5,7-8,11,17-19H,4H2,1H3,(H2,13,14,15)/t7?,8-,11?,12?/m1/s1/i2T. The summed E-state index contributed by atoms with van der Waals surface area (Å²) >= 11 is 0. The van der Waals surface area contributed by atoms with Crippen LogP contribution in [0.15, 0.2) is 18.6 Å². The fourth-order valence-electron chi connectivity index (χ4n) is 2.49. The molecule has 3 rings (SSSR count). The summed E-state index contributed by atoms with van der Waals surface area (Å²) in [7, 11) is 0. The molecule has 1 aliphatic rings. The minimum absolute atomic E-state index is 0.0874. The first-order valence-corrected chi connectivity index (χ1v) is 6.12. The number of nitrogens with zero attached hydrogens (tertiary/aromatic N) is 3. The van der Waals surface area contributed by atoms with Crippen LogP contribution < -0.4 is 5.73 Å². The van der Waals surface area contributed by atoms with Crippen molar-refractivity contribution in [3.63, 3.8) is 0 Å². The number of aliphatic hydroxyl groups excluding tert-OH is 2. The Morgan fingerprint density at radius 2 is 2.35 bits per heavy atom. The second-order valence-corrected chi connectivity index (χ2v) is 5.02. The first kappa shape index (κ1) is 12.0. The van der Waals surface area contributed by atoms with Gasteiger partial charge in [0.25, 0.3) is 0 Å². The quantitative estimate of drug-likeness (QED) is 0.557. The third kappa shape index (κ3) is 1.70. The Labute approximate surface area is 115 Å². The van der Waals surface area contributed by atoms with Crippen LogP contribution in [0.25, 0.3) is 11.0 Å². The molecule has 3 heterocycles. The summed E-state index contributed by atoms with van der Waals surface area (Å²) in [6.45, 7) is 0.968. The van der Waals surface area contributed by atoms with E-state index in [0.29, 0.717) is 11.0 Å². The van der Waals surface area contributed by atoms with Crippen LogP contribution in [-0.2, 0) is 4.74 Å². The van der Waals surface area contributed by atoms with Crippen LogP contribution in [0.2, 0.25) is 0 Å². The summed E-state index contributed by atoms with van der Waals surface area (Å²) in [6, 6.07) is 0.0874. The van der Waals surface area contributed by atoms with Crippen molar-refractivity contribution < 1.29 is 21.4 Å². The van der Waals surface area contributed by atoms with Crippen molar-refractivity contribution in [1.82, 2.24) is 14.5 Å². The SMILES string of the molecule is [3H]c1cn(C2OC(CO)[C@@H](O)C2(C)O)c2ncnc(N)c12. The van der Waals surface area contributed by atoms with Crippen LogP contribution in [0.4, 0.5) is 5.82 Å². The zero-order chi connectivity index (χ0) is 15.4. The maximum atomic E-state index is 10.5. The van der Waals surface area contributed by atoms with Crippen LogP contribution in [0.5, 0.6) is 0 Å². The van der Waals surface area contributed by atoms with Gasteiger partial charge in [-0.15, -0.1) is 0 Å². The van der Waals surface area contributed by atoms with Gasteiger partial charge in [-0.25, -0.2) is 9.97 Å². The number of anilines is 1. The molecule has 20 heavy (non-hydrogen) atoms. The number of nitrogens with two attached hydrogens (primary N) is 1. The molecule has 3 unspecified atom stereocenters. The summed E-state index contributed by atoms with van der Waals surface area (Å²) in [5, 5.41) is 30.1. The van der Waals surface area contributed by atoms with Gasteiger partial charge < -0.3 is 30.4 Å². The summed E-state index contributed by atoms with van der Waals surface area (Å²) in [5.74, 6) is 0.153. The molecule has 5 N–H and O–H groups in total. The van der Waals surface area contributed by atoms with E-state index in [9.17, 15) is 15.3 Å². The van der Waals surface area contributed by atoms with E-state index in [1.165, 1.54) is 24.0 Å². The maximum Gasteiger partial charge on any atom is 0.167 e. The number of ether oxygens (including phenoxy) is 1. The highest BCUT2D eigenvalue weighted by molar-refractivity contribution is 5.86. The molecule has 0 spiro atoms. The molecular formula is C12H16N4O4. The molecule has 4 atom stereocenters. The predicted octanol–water partition coefficient (Wildman–Crippen LogP) is -0.985. The Balaban J connectivity index is 2.15. The molecule has 0 aliphatic carbocycles. The lowest BCUT2D eigenvalue weighted by molar-refractivity contribution is -0.0948. The van der Waals surface area contributed by atoms with E-state index in [1.54, 1.807) is 0 Å². The van der Waals surface area contributed by atoms with Gasteiger partial charge in [0.05, 0.1) is 13.4 Å². The van der Waals surface area contributed by atoms with Crippen molar-refractivity contribution in [2.75, 3.05) is 12.3 Å². The lowest BCUT2D eigenvalue weighted by atomic mass is 9.96. The highest BCUT2D eigenvalue weighted by Crippen LogP contribution is 2.39. The van der Waals surface area contributed by atoms with Crippen molar-refractivity contribution in [2.24, 2.45) is 0 Å². The lowest BCUT2D eigenvalue weighted by Gasteiger charge is -2.27. The molecular weight excluding hydrogens is 264 g/mol.